The molecule has 0 aromatic rings. The molecule has 0 fully saturated rings. The van der Waals surface area contributed by atoms with Gasteiger partial charge in [-0.1, -0.05) is 6.08 Å². The summed E-state index contributed by atoms with van der Waals surface area (Å²) in [4.78, 5) is 8.56. The van der Waals surface area contributed by atoms with Gasteiger partial charge in [-0.3, -0.25) is 0 Å². The number of aliphatic hydroxyl groups excluding tert-OH is 2. The van der Waals surface area contributed by atoms with E-state index >= 15 is 0 Å². The lowest BCUT2D eigenvalue weighted by molar-refractivity contribution is 0.0976. The molecule has 5 nitrogen and oxygen atoms in total. The number of hydrogen-bond acceptors (Lipinski definition) is 3. The quantitative estimate of drug-likeness (QED) is 0.445. The molecular weight excluding hydrogens is 152 g/mol. The van der Waals surface area contributed by atoms with Crippen molar-refractivity contribution < 1.29 is 25.2 Å². The van der Waals surface area contributed by atoms with Crippen LogP contribution in [0.15, 0.2) is 12.7 Å². The minimum Gasteiger partial charge on any atom is -0.450 e. The summed E-state index contributed by atoms with van der Waals surface area (Å²) in [7, 11) is 0. The standard InChI is InChI=1S/C5H10O2.CH2O3/c1-2-3-5(7)4-6;2-1(3)4/h2,5-7H,1,3-4H2;(H2,2,3,4). The van der Waals surface area contributed by atoms with E-state index in [-0.39, 0.29) is 6.61 Å². The van der Waals surface area contributed by atoms with Crippen molar-refractivity contribution in [3.63, 3.8) is 0 Å². The van der Waals surface area contributed by atoms with Gasteiger partial charge >= 0.3 is 6.16 Å². The van der Waals surface area contributed by atoms with Gasteiger partial charge in [0.25, 0.3) is 0 Å². The number of rotatable bonds is 3. The van der Waals surface area contributed by atoms with Gasteiger partial charge in [-0.2, -0.15) is 0 Å². The Morgan fingerprint density at radius 3 is 2.00 bits per heavy atom. The first-order valence-corrected chi connectivity index (χ1v) is 2.86. The maximum absolute atomic E-state index is 8.56. The smallest absolute Gasteiger partial charge is 0.450 e. The van der Waals surface area contributed by atoms with Gasteiger partial charge in [0.2, 0.25) is 0 Å². The molecular formula is C6H12O5. The van der Waals surface area contributed by atoms with Crippen LogP contribution in [-0.2, 0) is 0 Å². The molecule has 0 amide bonds. The molecule has 0 bridgehead atoms. The van der Waals surface area contributed by atoms with Gasteiger partial charge in [0, 0.05) is 0 Å². The van der Waals surface area contributed by atoms with Crippen molar-refractivity contribution >= 4 is 6.16 Å². The van der Waals surface area contributed by atoms with Crippen LogP contribution in [-0.4, -0.2) is 39.3 Å². The maximum Gasteiger partial charge on any atom is 0.503 e. The van der Waals surface area contributed by atoms with Gasteiger partial charge in [0.15, 0.2) is 0 Å². The zero-order chi connectivity index (χ0) is 9.28. The summed E-state index contributed by atoms with van der Waals surface area (Å²) in [6.45, 7) is 3.20. The fourth-order valence-corrected chi connectivity index (χ4v) is 0.267. The first-order valence-electron chi connectivity index (χ1n) is 2.86. The van der Waals surface area contributed by atoms with E-state index < -0.39 is 12.3 Å². The van der Waals surface area contributed by atoms with Crippen LogP contribution in [0.4, 0.5) is 4.79 Å². The highest BCUT2D eigenvalue weighted by Gasteiger charge is 1.94. The van der Waals surface area contributed by atoms with Crippen LogP contribution in [0.25, 0.3) is 0 Å². The van der Waals surface area contributed by atoms with Crippen LogP contribution in [0.1, 0.15) is 6.42 Å². The van der Waals surface area contributed by atoms with Gasteiger partial charge in [-0.15, -0.1) is 6.58 Å². The Labute approximate surface area is 64.2 Å². The Bertz CT molecular complexity index is 108. The molecule has 1 unspecified atom stereocenters. The van der Waals surface area contributed by atoms with E-state index in [1.165, 1.54) is 0 Å². The Kier molecular flexibility index (Phi) is 10.2. The van der Waals surface area contributed by atoms with Crippen molar-refractivity contribution in [1.29, 1.82) is 0 Å². The Morgan fingerprint density at radius 2 is 1.91 bits per heavy atom. The average Bonchev–Trinajstić information content (AvgIpc) is 1.87. The van der Waals surface area contributed by atoms with Crippen molar-refractivity contribution in [2.45, 2.75) is 12.5 Å². The molecule has 0 rings (SSSR count). The molecule has 0 aromatic heterocycles. The third kappa shape index (κ3) is 27.8. The second-order valence-corrected chi connectivity index (χ2v) is 1.64. The first kappa shape index (κ1) is 12.6. The molecule has 0 aliphatic heterocycles. The number of carbonyl (C=O) groups is 1. The predicted octanol–water partition coefficient (Wildman–Crippen LogP) is 0.138. The number of aliphatic hydroxyl groups is 2. The molecule has 66 valence electrons. The lowest BCUT2D eigenvalue weighted by Crippen LogP contribution is -2.09. The van der Waals surface area contributed by atoms with Crippen LogP contribution in [0.5, 0.6) is 0 Å². The van der Waals surface area contributed by atoms with Crippen molar-refractivity contribution in [2.75, 3.05) is 6.61 Å². The van der Waals surface area contributed by atoms with Crippen molar-refractivity contribution in [2.24, 2.45) is 0 Å². The second-order valence-electron chi connectivity index (χ2n) is 1.64. The highest BCUT2D eigenvalue weighted by atomic mass is 16.6. The fourth-order valence-electron chi connectivity index (χ4n) is 0.267. The fraction of sp³-hybridized carbons (Fsp3) is 0.500. The largest absolute Gasteiger partial charge is 0.503 e. The van der Waals surface area contributed by atoms with E-state index in [9.17, 15) is 0 Å². The van der Waals surface area contributed by atoms with Crippen molar-refractivity contribution in [3.8, 4) is 0 Å². The molecule has 0 aliphatic carbocycles. The van der Waals surface area contributed by atoms with Crippen LogP contribution < -0.4 is 0 Å². The van der Waals surface area contributed by atoms with E-state index in [0.29, 0.717) is 6.42 Å². The molecule has 5 heteroatoms. The van der Waals surface area contributed by atoms with Crippen LogP contribution in [0.3, 0.4) is 0 Å². The van der Waals surface area contributed by atoms with Gasteiger partial charge in [-0.25, -0.2) is 4.79 Å². The summed E-state index contributed by atoms with van der Waals surface area (Å²) in [6, 6.07) is 0. The Hall–Kier alpha value is -1.07. The zero-order valence-corrected chi connectivity index (χ0v) is 5.97. The third-order valence-electron chi connectivity index (χ3n) is 0.649. The van der Waals surface area contributed by atoms with E-state index in [2.05, 4.69) is 6.58 Å². The van der Waals surface area contributed by atoms with Gasteiger partial charge in [0.05, 0.1) is 12.7 Å². The normalized spacial score (nSPS) is 10.7. The van der Waals surface area contributed by atoms with Gasteiger partial charge < -0.3 is 20.4 Å². The van der Waals surface area contributed by atoms with Crippen molar-refractivity contribution in [3.05, 3.63) is 12.7 Å². The summed E-state index contributed by atoms with van der Waals surface area (Å²) in [5.41, 5.74) is 0. The third-order valence-corrected chi connectivity index (χ3v) is 0.649. The van der Waals surface area contributed by atoms with E-state index in [4.69, 9.17) is 25.2 Å². The van der Waals surface area contributed by atoms with Crippen LogP contribution >= 0.6 is 0 Å². The monoisotopic (exact) mass is 164 g/mol. The highest BCUT2D eigenvalue weighted by Crippen LogP contribution is 1.87. The molecule has 0 saturated carbocycles. The summed E-state index contributed by atoms with van der Waals surface area (Å²) in [6.07, 6.45) is -0.408. The average molecular weight is 164 g/mol. The maximum atomic E-state index is 8.56. The van der Waals surface area contributed by atoms with Crippen LogP contribution in [0, 0.1) is 0 Å². The molecule has 0 aromatic carbocycles. The van der Waals surface area contributed by atoms with Gasteiger partial charge in [0.1, 0.15) is 0 Å². The summed E-state index contributed by atoms with van der Waals surface area (Å²) < 4.78 is 0. The summed E-state index contributed by atoms with van der Waals surface area (Å²) >= 11 is 0. The molecule has 0 heterocycles. The predicted molar refractivity (Wildman–Crippen MR) is 38.6 cm³/mol. The van der Waals surface area contributed by atoms with Gasteiger partial charge in [-0.05, 0) is 6.42 Å². The molecule has 0 aliphatic rings. The molecule has 0 radical (unpaired) electrons. The lowest BCUT2D eigenvalue weighted by Gasteiger charge is -1.98. The number of hydrogen-bond donors (Lipinski definition) is 4. The lowest BCUT2D eigenvalue weighted by atomic mass is 10.3. The first-order chi connectivity index (χ1) is 5.04. The zero-order valence-electron chi connectivity index (χ0n) is 5.97. The second kappa shape index (κ2) is 8.93. The molecule has 0 saturated heterocycles. The minimum atomic E-state index is -1.83. The highest BCUT2D eigenvalue weighted by molar-refractivity contribution is 5.53. The summed E-state index contributed by atoms with van der Waals surface area (Å²) in [5, 5.41) is 30.6. The molecule has 4 N–H and O–H groups in total. The van der Waals surface area contributed by atoms with Crippen molar-refractivity contribution in [1.82, 2.24) is 0 Å². The van der Waals surface area contributed by atoms with E-state index in [1.807, 2.05) is 0 Å². The SMILES string of the molecule is C=CCC(O)CO.O=C(O)O. The Morgan fingerprint density at radius 1 is 1.55 bits per heavy atom. The van der Waals surface area contributed by atoms with Crippen LogP contribution in [0.2, 0.25) is 0 Å². The molecule has 1 atom stereocenters. The number of carboxylic acid groups (broad SMARTS) is 2. The van der Waals surface area contributed by atoms with E-state index in [1.54, 1.807) is 6.08 Å². The van der Waals surface area contributed by atoms with E-state index in [0.717, 1.165) is 0 Å². The molecule has 0 spiro atoms. The summed E-state index contributed by atoms with van der Waals surface area (Å²) in [5.74, 6) is 0. The molecule has 11 heavy (non-hydrogen) atoms. The Balaban J connectivity index is 0. The minimum absolute atomic E-state index is 0.175. The topological polar surface area (TPSA) is 98.0 Å².